The van der Waals surface area contributed by atoms with Gasteiger partial charge in [0.1, 0.15) is 5.82 Å². The van der Waals surface area contributed by atoms with Gasteiger partial charge in [-0.05, 0) is 17.7 Å². The third-order valence-corrected chi connectivity index (χ3v) is 2.77. The number of aromatic nitrogens is 2. The Morgan fingerprint density at radius 1 is 1.26 bits per heavy atom. The Labute approximate surface area is 107 Å². The number of hydrogen-bond acceptors (Lipinski definition) is 3. The molecule has 2 rings (SSSR count). The van der Waals surface area contributed by atoms with Gasteiger partial charge in [0.15, 0.2) is 0 Å². The van der Waals surface area contributed by atoms with Crippen LogP contribution in [-0.2, 0) is 19.3 Å². The quantitative estimate of drug-likeness (QED) is 0.896. The summed E-state index contributed by atoms with van der Waals surface area (Å²) in [5.74, 6) is 0.375. The molecule has 0 radical (unpaired) electrons. The highest BCUT2D eigenvalue weighted by atomic mass is 19.4. The van der Waals surface area contributed by atoms with Crippen molar-refractivity contribution in [1.29, 1.82) is 0 Å². The number of anilines is 1. The number of benzene rings is 1. The Hall–Kier alpha value is -2.02. The fraction of sp³-hybridized carbons (Fsp3) is 0.250. The van der Waals surface area contributed by atoms with E-state index in [0.717, 1.165) is 12.1 Å². The third kappa shape index (κ3) is 2.87. The van der Waals surface area contributed by atoms with Gasteiger partial charge in [-0.1, -0.05) is 12.1 Å². The van der Waals surface area contributed by atoms with Gasteiger partial charge in [0, 0.05) is 12.1 Å². The van der Waals surface area contributed by atoms with Crippen LogP contribution in [0.2, 0.25) is 0 Å². The molecule has 1 heterocycles. The van der Waals surface area contributed by atoms with E-state index in [9.17, 15) is 13.2 Å². The molecule has 0 unspecified atom stereocenters. The first kappa shape index (κ1) is 13.4. The van der Waals surface area contributed by atoms with E-state index < -0.39 is 11.7 Å². The number of nitrogen functional groups attached to an aromatic ring is 1. The van der Waals surface area contributed by atoms with Gasteiger partial charge in [-0.25, -0.2) is 4.68 Å². The molecule has 0 saturated carbocycles. The number of alkyl halides is 3. The SMILES string of the molecule is NCc1cnn(Cc2cccc(C(F)(F)F)c2)c1N. The van der Waals surface area contributed by atoms with Crippen LogP contribution in [-0.4, -0.2) is 9.78 Å². The van der Waals surface area contributed by atoms with Gasteiger partial charge in [-0.3, -0.25) is 0 Å². The fourth-order valence-electron chi connectivity index (χ4n) is 1.74. The molecule has 4 N–H and O–H groups in total. The first-order chi connectivity index (χ1) is 8.91. The lowest BCUT2D eigenvalue weighted by Crippen LogP contribution is -2.10. The molecule has 2 aromatic rings. The number of nitrogens with two attached hydrogens (primary N) is 2. The molecule has 4 nitrogen and oxygen atoms in total. The van der Waals surface area contributed by atoms with Crippen LogP contribution in [0.3, 0.4) is 0 Å². The molecule has 7 heteroatoms. The van der Waals surface area contributed by atoms with E-state index >= 15 is 0 Å². The summed E-state index contributed by atoms with van der Waals surface area (Å²) in [6, 6.07) is 5.07. The smallest absolute Gasteiger partial charge is 0.384 e. The number of hydrogen-bond donors (Lipinski definition) is 2. The minimum Gasteiger partial charge on any atom is -0.384 e. The third-order valence-electron chi connectivity index (χ3n) is 2.77. The molecule has 0 amide bonds. The predicted molar refractivity (Wildman–Crippen MR) is 65.1 cm³/mol. The molecule has 0 bridgehead atoms. The summed E-state index contributed by atoms with van der Waals surface area (Å²) in [5, 5.41) is 4.00. The molecular formula is C12H13F3N4. The van der Waals surface area contributed by atoms with Gasteiger partial charge in [-0.2, -0.15) is 18.3 Å². The van der Waals surface area contributed by atoms with E-state index in [2.05, 4.69) is 5.10 Å². The van der Waals surface area contributed by atoms with Gasteiger partial charge >= 0.3 is 6.18 Å². The van der Waals surface area contributed by atoms with Gasteiger partial charge in [0.05, 0.1) is 18.3 Å². The Bertz CT molecular complexity index is 575. The van der Waals surface area contributed by atoms with Crippen LogP contribution in [0.25, 0.3) is 0 Å². The van der Waals surface area contributed by atoms with Gasteiger partial charge in [0.25, 0.3) is 0 Å². The maximum atomic E-state index is 12.6. The molecule has 0 aliphatic rings. The first-order valence-electron chi connectivity index (χ1n) is 5.58. The Morgan fingerprint density at radius 3 is 2.58 bits per heavy atom. The molecule has 0 fully saturated rings. The molecule has 0 aliphatic carbocycles. The average molecular weight is 270 g/mol. The van der Waals surface area contributed by atoms with E-state index in [0.29, 0.717) is 16.9 Å². The highest BCUT2D eigenvalue weighted by Crippen LogP contribution is 2.29. The highest BCUT2D eigenvalue weighted by molar-refractivity contribution is 5.39. The second kappa shape index (κ2) is 4.93. The van der Waals surface area contributed by atoms with Crippen LogP contribution in [0.15, 0.2) is 30.5 Å². The van der Waals surface area contributed by atoms with E-state index in [1.807, 2.05) is 0 Å². The summed E-state index contributed by atoms with van der Waals surface area (Å²) in [5.41, 5.74) is 11.7. The molecule has 0 atom stereocenters. The summed E-state index contributed by atoms with van der Waals surface area (Å²) < 4.78 is 39.2. The molecular weight excluding hydrogens is 257 g/mol. The van der Waals surface area contributed by atoms with E-state index in [4.69, 9.17) is 11.5 Å². The van der Waals surface area contributed by atoms with Crippen molar-refractivity contribution in [3.05, 3.63) is 47.2 Å². The summed E-state index contributed by atoms with van der Waals surface area (Å²) in [6.07, 6.45) is -2.84. The van der Waals surface area contributed by atoms with Crippen molar-refractivity contribution in [2.24, 2.45) is 5.73 Å². The van der Waals surface area contributed by atoms with Crippen molar-refractivity contribution in [2.75, 3.05) is 5.73 Å². The van der Waals surface area contributed by atoms with Crippen LogP contribution in [0.1, 0.15) is 16.7 Å². The summed E-state index contributed by atoms with van der Waals surface area (Å²) in [4.78, 5) is 0. The minimum atomic E-state index is -4.35. The molecule has 102 valence electrons. The van der Waals surface area contributed by atoms with Crippen LogP contribution >= 0.6 is 0 Å². The Morgan fingerprint density at radius 2 is 2.00 bits per heavy atom. The Kier molecular flexibility index (Phi) is 3.48. The monoisotopic (exact) mass is 270 g/mol. The molecule has 19 heavy (non-hydrogen) atoms. The van der Waals surface area contributed by atoms with Gasteiger partial charge in [0.2, 0.25) is 0 Å². The fourth-order valence-corrected chi connectivity index (χ4v) is 1.74. The Balaban J connectivity index is 2.26. The molecule has 1 aromatic carbocycles. The van der Waals surface area contributed by atoms with Crippen molar-refractivity contribution in [3.63, 3.8) is 0 Å². The number of halogens is 3. The molecule has 1 aromatic heterocycles. The number of nitrogens with zero attached hydrogens (tertiary/aromatic N) is 2. The van der Waals surface area contributed by atoms with Crippen molar-refractivity contribution in [2.45, 2.75) is 19.3 Å². The van der Waals surface area contributed by atoms with E-state index in [-0.39, 0.29) is 13.1 Å². The summed E-state index contributed by atoms with van der Waals surface area (Å²) in [6.45, 7) is 0.421. The van der Waals surface area contributed by atoms with E-state index in [1.165, 1.54) is 16.9 Å². The standard InChI is InChI=1S/C12H13F3N4/c13-12(14,15)10-3-1-2-8(4-10)7-19-11(17)9(5-16)6-18-19/h1-4,6H,5,7,16-17H2. The van der Waals surface area contributed by atoms with Gasteiger partial charge < -0.3 is 11.5 Å². The summed E-state index contributed by atoms with van der Waals surface area (Å²) in [7, 11) is 0. The van der Waals surface area contributed by atoms with Crippen LogP contribution < -0.4 is 11.5 Å². The van der Waals surface area contributed by atoms with Crippen molar-refractivity contribution in [3.8, 4) is 0 Å². The maximum absolute atomic E-state index is 12.6. The lowest BCUT2D eigenvalue weighted by molar-refractivity contribution is -0.137. The largest absolute Gasteiger partial charge is 0.416 e. The lowest BCUT2D eigenvalue weighted by atomic mass is 10.1. The molecule has 0 spiro atoms. The second-order valence-corrected chi connectivity index (χ2v) is 4.11. The van der Waals surface area contributed by atoms with Crippen molar-refractivity contribution >= 4 is 5.82 Å². The van der Waals surface area contributed by atoms with Crippen molar-refractivity contribution in [1.82, 2.24) is 9.78 Å². The summed E-state index contributed by atoms with van der Waals surface area (Å²) >= 11 is 0. The first-order valence-corrected chi connectivity index (χ1v) is 5.58. The molecule has 0 saturated heterocycles. The van der Waals surface area contributed by atoms with Gasteiger partial charge in [-0.15, -0.1) is 0 Å². The highest BCUT2D eigenvalue weighted by Gasteiger charge is 2.30. The maximum Gasteiger partial charge on any atom is 0.416 e. The topological polar surface area (TPSA) is 69.9 Å². The van der Waals surface area contributed by atoms with Crippen LogP contribution in [0, 0.1) is 0 Å². The van der Waals surface area contributed by atoms with E-state index in [1.54, 1.807) is 6.07 Å². The predicted octanol–water partition coefficient (Wildman–Crippen LogP) is 1.99. The van der Waals surface area contributed by atoms with Crippen molar-refractivity contribution < 1.29 is 13.2 Å². The van der Waals surface area contributed by atoms with Crippen LogP contribution in [0.4, 0.5) is 19.0 Å². The zero-order valence-corrected chi connectivity index (χ0v) is 9.98. The normalized spacial score (nSPS) is 11.8. The second-order valence-electron chi connectivity index (χ2n) is 4.11. The zero-order valence-electron chi connectivity index (χ0n) is 9.98. The number of rotatable bonds is 3. The average Bonchev–Trinajstić information content (AvgIpc) is 2.70. The van der Waals surface area contributed by atoms with Crippen LogP contribution in [0.5, 0.6) is 0 Å². The zero-order chi connectivity index (χ0) is 14.0. The lowest BCUT2D eigenvalue weighted by Gasteiger charge is -2.09. The minimum absolute atomic E-state index is 0.176. The molecule has 0 aliphatic heterocycles.